The highest BCUT2D eigenvalue weighted by molar-refractivity contribution is 6.25. The molecule has 7 aromatic rings. The molecule has 0 aliphatic carbocycles. The van der Waals surface area contributed by atoms with Crippen molar-refractivity contribution in [3.63, 3.8) is 0 Å². The molecule has 1 aromatic heterocycles. The van der Waals surface area contributed by atoms with Crippen LogP contribution in [0.4, 0.5) is 0 Å². The van der Waals surface area contributed by atoms with Crippen LogP contribution >= 0.6 is 0 Å². The predicted octanol–water partition coefficient (Wildman–Crippen LogP) is 9.24. The zero-order chi connectivity index (χ0) is 23.5. The van der Waals surface area contributed by atoms with Crippen molar-refractivity contribution in [1.29, 1.82) is 0 Å². The van der Waals surface area contributed by atoms with E-state index < -0.39 is 0 Å². The Morgan fingerprint density at radius 1 is 0.486 bits per heavy atom. The van der Waals surface area contributed by atoms with E-state index >= 15 is 0 Å². The van der Waals surface area contributed by atoms with Crippen LogP contribution in [0.5, 0.6) is 0 Å². The lowest BCUT2D eigenvalue weighted by Crippen LogP contribution is -1.93. The number of nitrogens with zero attached hydrogens (tertiary/aromatic N) is 1. The molecule has 0 atom stereocenters. The maximum absolute atomic E-state index is 5.62. The van der Waals surface area contributed by atoms with E-state index in [0.717, 1.165) is 17.0 Å². The van der Waals surface area contributed by atoms with Crippen molar-refractivity contribution in [2.45, 2.75) is 13.8 Å². The fourth-order valence-electron chi connectivity index (χ4n) is 5.79. The summed E-state index contributed by atoms with van der Waals surface area (Å²) in [6, 6.07) is 37.3. The highest BCUT2D eigenvalue weighted by Gasteiger charge is 2.22. The molecule has 0 unspecified atom stereocenters. The van der Waals surface area contributed by atoms with Crippen molar-refractivity contribution in [3.05, 3.63) is 115 Å². The van der Waals surface area contributed by atoms with Crippen LogP contribution in [0.25, 0.3) is 65.3 Å². The van der Waals surface area contributed by atoms with Crippen LogP contribution < -0.4 is 0 Å². The molecule has 1 heterocycles. The van der Waals surface area contributed by atoms with Crippen LogP contribution in [0, 0.1) is 13.8 Å². The number of fused-ring (bicyclic) bond motifs is 5. The number of aryl methyl sites for hydroxylation is 2. The zero-order valence-corrected chi connectivity index (χ0v) is 19.7. The van der Waals surface area contributed by atoms with Gasteiger partial charge in [-0.25, -0.2) is 0 Å². The first-order chi connectivity index (χ1) is 17.2. The number of hydrogen-bond acceptors (Lipinski definition) is 2. The van der Waals surface area contributed by atoms with E-state index in [1.165, 1.54) is 59.8 Å². The van der Waals surface area contributed by atoms with Crippen molar-refractivity contribution in [2.75, 3.05) is 0 Å². The number of aromatic nitrogens is 1. The molecule has 35 heavy (non-hydrogen) atoms. The molecule has 0 aliphatic rings. The summed E-state index contributed by atoms with van der Waals surface area (Å²) in [7, 11) is 0. The quantitative estimate of drug-likeness (QED) is 0.194. The van der Waals surface area contributed by atoms with E-state index in [-0.39, 0.29) is 0 Å². The van der Waals surface area contributed by atoms with Gasteiger partial charge in [0.15, 0.2) is 0 Å². The minimum Gasteiger partial charge on any atom is -0.361 e. The van der Waals surface area contributed by atoms with Gasteiger partial charge in [0.05, 0.1) is 5.69 Å². The van der Waals surface area contributed by atoms with Crippen LogP contribution in [0.2, 0.25) is 0 Å². The van der Waals surface area contributed by atoms with Crippen molar-refractivity contribution in [1.82, 2.24) is 5.16 Å². The molecule has 166 valence electrons. The Bertz CT molecular complexity index is 1850. The third-order valence-corrected chi connectivity index (χ3v) is 7.25. The summed E-state index contributed by atoms with van der Waals surface area (Å²) in [6.45, 7) is 4.03. The smallest absolute Gasteiger partial charge is 0.141 e. The van der Waals surface area contributed by atoms with E-state index in [4.69, 9.17) is 4.52 Å². The lowest BCUT2D eigenvalue weighted by Gasteiger charge is -2.19. The van der Waals surface area contributed by atoms with Crippen LogP contribution in [0.15, 0.2) is 108 Å². The fourth-order valence-corrected chi connectivity index (χ4v) is 5.79. The molecule has 0 saturated carbocycles. The van der Waals surface area contributed by atoms with Gasteiger partial charge in [-0.15, -0.1) is 0 Å². The molecule has 0 fully saturated rings. The lowest BCUT2D eigenvalue weighted by molar-refractivity contribution is 0.393. The fraction of sp³-hybridized carbons (Fsp3) is 0.0606. The number of hydrogen-bond donors (Lipinski definition) is 0. The Hall–Kier alpha value is -4.43. The zero-order valence-electron chi connectivity index (χ0n) is 19.7. The van der Waals surface area contributed by atoms with Gasteiger partial charge in [0.2, 0.25) is 0 Å². The molecule has 0 radical (unpaired) electrons. The Kier molecular flexibility index (Phi) is 4.31. The molecule has 0 amide bonds. The minimum atomic E-state index is 0.849. The average Bonchev–Trinajstić information content (AvgIpc) is 3.24. The van der Waals surface area contributed by atoms with Gasteiger partial charge >= 0.3 is 0 Å². The molecule has 7 rings (SSSR count). The van der Waals surface area contributed by atoms with Gasteiger partial charge in [0, 0.05) is 11.1 Å². The van der Waals surface area contributed by atoms with Crippen LogP contribution in [-0.2, 0) is 0 Å². The highest BCUT2D eigenvalue weighted by Crippen LogP contribution is 2.47. The van der Waals surface area contributed by atoms with Gasteiger partial charge in [-0.3, -0.25) is 0 Å². The monoisotopic (exact) mass is 449 g/mol. The standard InChI is InChI=1S/C33H23NO/c1-20-31(21(2)35-34-20)33-28-17-9-7-15-26(28)32(27-16-8-10-18-29(27)33)30-19-22-11-3-4-12-23(22)24-13-5-6-14-25(24)30/h3-19H,1-2H3. The van der Waals surface area contributed by atoms with E-state index in [1.807, 2.05) is 13.8 Å². The topological polar surface area (TPSA) is 26.0 Å². The molecule has 0 N–H and O–H groups in total. The van der Waals surface area contributed by atoms with E-state index in [2.05, 4.69) is 108 Å². The second kappa shape index (κ2) is 7.54. The van der Waals surface area contributed by atoms with Gasteiger partial charge in [0.1, 0.15) is 5.76 Å². The van der Waals surface area contributed by atoms with Crippen molar-refractivity contribution in [3.8, 4) is 22.3 Å². The van der Waals surface area contributed by atoms with Gasteiger partial charge in [-0.1, -0.05) is 102 Å². The maximum Gasteiger partial charge on any atom is 0.141 e. The molecule has 0 aliphatic heterocycles. The van der Waals surface area contributed by atoms with Crippen molar-refractivity contribution in [2.24, 2.45) is 0 Å². The lowest BCUT2D eigenvalue weighted by atomic mass is 9.83. The number of benzene rings is 6. The first-order valence-electron chi connectivity index (χ1n) is 12.0. The van der Waals surface area contributed by atoms with Crippen LogP contribution in [0.1, 0.15) is 11.5 Å². The van der Waals surface area contributed by atoms with E-state index in [0.29, 0.717) is 0 Å². The Morgan fingerprint density at radius 3 is 1.54 bits per heavy atom. The molecule has 0 spiro atoms. The predicted molar refractivity (Wildman–Crippen MR) is 147 cm³/mol. The van der Waals surface area contributed by atoms with Crippen molar-refractivity contribution < 1.29 is 4.52 Å². The average molecular weight is 450 g/mol. The largest absolute Gasteiger partial charge is 0.361 e. The third kappa shape index (κ3) is 2.87. The van der Waals surface area contributed by atoms with Gasteiger partial charge < -0.3 is 4.52 Å². The SMILES string of the molecule is Cc1noc(C)c1-c1c2ccccc2c(-c2cc3ccccc3c3ccccc23)c2ccccc12. The third-order valence-electron chi connectivity index (χ3n) is 7.25. The molecular formula is C33H23NO. The normalized spacial score (nSPS) is 11.7. The summed E-state index contributed by atoms with van der Waals surface area (Å²) in [6.07, 6.45) is 0. The molecule has 6 aromatic carbocycles. The Labute approximate surface area is 203 Å². The first-order valence-corrected chi connectivity index (χ1v) is 12.0. The summed E-state index contributed by atoms with van der Waals surface area (Å²) in [5.74, 6) is 0.849. The molecule has 2 nitrogen and oxygen atoms in total. The molecule has 0 bridgehead atoms. The first kappa shape index (κ1) is 20.0. The van der Waals surface area contributed by atoms with Crippen molar-refractivity contribution >= 4 is 43.1 Å². The van der Waals surface area contributed by atoms with Gasteiger partial charge in [-0.05, 0) is 74.1 Å². The molecule has 0 saturated heterocycles. The summed E-state index contributed by atoms with van der Waals surface area (Å²) < 4.78 is 5.62. The van der Waals surface area contributed by atoms with Crippen LogP contribution in [-0.4, -0.2) is 5.16 Å². The Morgan fingerprint density at radius 2 is 0.971 bits per heavy atom. The minimum absolute atomic E-state index is 0.849. The maximum atomic E-state index is 5.62. The second-order valence-corrected chi connectivity index (χ2v) is 9.23. The second-order valence-electron chi connectivity index (χ2n) is 9.23. The molecule has 2 heteroatoms. The highest BCUT2D eigenvalue weighted by atomic mass is 16.5. The van der Waals surface area contributed by atoms with E-state index in [9.17, 15) is 0 Å². The summed E-state index contributed by atoms with van der Waals surface area (Å²) >= 11 is 0. The molecular weight excluding hydrogens is 426 g/mol. The summed E-state index contributed by atoms with van der Waals surface area (Å²) in [5.41, 5.74) is 5.74. The summed E-state index contributed by atoms with van der Waals surface area (Å²) in [5, 5.41) is 14.3. The Balaban J connectivity index is 1.73. The number of rotatable bonds is 2. The van der Waals surface area contributed by atoms with Crippen LogP contribution in [0.3, 0.4) is 0 Å². The van der Waals surface area contributed by atoms with Gasteiger partial charge in [-0.2, -0.15) is 0 Å². The van der Waals surface area contributed by atoms with Gasteiger partial charge in [0.25, 0.3) is 0 Å². The summed E-state index contributed by atoms with van der Waals surface area (Å²) in [4.78, 5) is 0. The van der Waals surface area contributed by atoms with E-state index in [1.54, 1.807) is 0 Å².